The van der Waals surface area contributed by atoms with E-state index in [-0.39, 0.29) is 0 Å². The fourth-order valence-electron chi connectivity index (χ4n) is 1.35. The van der Waals surface area contributed by atoms with Gasteiger partial charge in [-0.1, -0.05) is 13.8 Å². The fraction of sp³-hybridized carbons (Fsp3) is 0.500. The van der Waals surface area contributed by atoms with E-state index in [0.717, 1.165) is 17.9 Å². The lowest BCUT2D eigenvalue weighted by molar-refractivity contribution is 0.342. The summed E-state index contributed by atoms with van der Waals surface area (Å²) in [5.41, 5.74) is 0.614. The zero-order valence-corrected chi connectivity index (χ0v) is 11.7. The minimum Gasteiger partial charge on any atom is -0.493 e. The van der Waals surface area contributed by atoms with Crippen LogP contribution in [0.2, 0.25) is 0 Å². The predicted molar refractivity (Wildman–Crippen MR) is 74.0 cm³/mol. The summed E-state index contributed by atoms with van der Waals surface area (Å²) in [6.45, 7) is 4.71. The number of hydrogen-bond donors (Lipinski definition) is 0. The van der Waals surface area contributed by atoms with Crippen molar-refractivity contribution in [3.05, 3.63) is 29.8 Å². The zero-order chi connectivity index (χ0) is 13.4. The molecule has 4 heteroatoms. The topological polar surface area (TPSA) is 50.1 Å². The minimum absolute atomic E-state index is 0.455. The molecule has 1 atom stereocenters. The molecule has 0 radical (unpaired) electrons. The van der Waals surface area contributed by atoms with Crippen LogP contribution in [0.1, 0.15) is 25.8 Å². The molecular formula is C14H19NO2S. The van der Waals surface area contributed by atoms with Gasteiger partial charge in [-0.3, -0.25) is 4.21 Å². The summed E-state index contributed by atoms with van der Waals surface area (Å²) < 4.78 is 17.1. The molecule has 1 aromatic carbocycles. The summed E-state index contributed by atoms with van der Waals surface area (Å²) in [7, 11) is -0.798. The third-order valence-corrected chi connectivity index (χ3v) is 3.80. The van der Waals surface area contributed by atoms with Gasteiger partial charge in [0.1, 0.15) is 5.75 Å². The van der Waals surface area contributed by atoms with Gasteiger partial charge in [0.05, 0.1) is 24.0 Å². The third-order valence-electron chi connectivity index (χ3n) is 2.49. The average molecular weight is 265 g/mol. The lowest BCUT2D eigenvalue weighted by Gasteiger charge is -2.07. The molecule has 0 aliphatic rings. The predicted octanol–water partition coefficient (Wildman–Crippen LogP) is 2.73. The van der Waals surface area contributed by atoms with Crippen LogP contribution in [0.25, 0.3) is 0 Å². The van der Waals surface area contributed by atoms with Gasteiger partial charge in [0.15, 0.2) is 0 Å². The van der Waals surface area contributed by atoms with Crippen molar-refractivity contribution >= 4 is 10.8 Å². The maximum absolute atomic E-state index is 11.6. The van der Waals surface area contributed by atoms with Crippen molar-refractivity contribution in [1.29, 1.82) is 5.26 Å². The molecule has 0 aliphatic carbocycles. The third kappa shape index (κ3) is 5.83. The quantitative estimate of drug-likeness (QED) is 0.761. The maximum atomic E-state index is 11.6. The Morgan fingerprint density at radius 3 is 2.50 bits per heavy atom. The van der Waals surface area contributed by atoms with Gasteiger partial charge < -0.3 is 4.74 Å². The molecule has 1 unspecified atom stereocenters. The molecule has 0 bridgehead atoms. The van der Waals surface area contributed by atoms with Crippen LogP contribution in [-0.2, 0) is 10.8 Å². The number of benzene rings is 1. The molecule has 0 saturated carbocycles. The van der Waals surface area contributed by atoms with Gasteiger partial charge in [0, 0.05) is 16.6 Å². The van der Waals surface area contributed by atoms with Gasteiger partial charge in [0.25, 0.3) is 0 Å². The lowest BCUT2D eigenvalue weighted by atomic mass is 10.2. The molecule has 0 fully saturated rings. The maximum Gasteiger partial charge on any atom is 0.119 e. The highest BCUT2D eigenvalue weighted by Gasteiger charge is 2.02. The van der Waals surface area contributed by atoms with E-state index in [1.165, 1.54) is 0 Å². The first kappa shape index (κ1) is 14.7. The van der Waals surface area contributed by atoms with Gasteiger partial charge >= 0.3 is 0 Å². The van der Waals surface area contributed by atoms with Gasteiger partial charge in [-0.05, 0) is 36.6 Å². The van der Waals surface area contributed by atoms with Gasteiger partial charge in [-0.2, -0.15) is 5.26 Å². The van der Waals surface area contributed by atoms with Crippen molar-refractivity contribution in [3.63, 3.8) is 0 Å². The SMILES string of the molecule is CC(C)CCS(=O)CCOc1ccc(C#N)cc1. The number of ether oxygens (including phenoxy) is 1. The first-order valence-corrected chi connectivity index (χ1v) is 7.58. The molecule has 0 saturated heterocycles. The molecule has 3 nitrogen and oxygen atoms in total. The summed E-state index contributed by atoms with van der Waals surface area (Å²) in [6.07, 6.45) is 0.990. The van der Waals surface area contributed by atoms with Crippen LogP contribution in [-0.4, -0.2) is 22.3 Å². The van der Waals surface area contributed by atoms with Crippen molar-refractivity contribution in [1.82, 2.24) is 0 Å². The Morgan fingerprint density at radius 1 is 1.28 bits per heavy atom. The number of nitrogens with zero attached hydrogens (tertiary/aromatic N) is 1. The standard InChI is InChI=1S/C14H19NO2S/c1-12(2)7-9-18(16)10-8-17-14-5-3-13(11-15)4-6-14/h3-6,12H,7-10H2,1-2H3. The second-order valence-corrected chi connectivity index (χ2v) is 6.21. The summed E-state index contributed by atoms with van der Waals surface area (Å²) >= 11 is 0. The van der Waals surface area contributed by atoms with E-state index < -0.39 is 10.8 Å². The van der Waals surface area contributed by atoms with Crippen molar-refractivity contribution < 1.29 is 8.95 Å². The Balaban J connectivity index is 2.24. The van der Waals surface area contributed by atoms with Crippen molar-refractivity contribution in [3.8, 4) is 11.8 Å². The Labute approximate surface area is 111 Å². The van der Waals surface area contributed by atoms with Crippen molar-refractivity contribution in [2.24, 2.45) is 5.92 Å². The van der Waals surface area contributed by atoms with Crippen LogP contribution in [0.15, 0.2) is 24.3 Å². The fourth-order valence-corrected chi connectivity index (χ4v) is 2.56. The molecule has 1 aromatic rings. The number of nitriles is 1. The highest BCUT2D eigenvalue weighted by molar-refractivity contribution is 7.84. The van der Waals surface area contributed by atoms with Crippen LogP contribution < -0.4 is 4.74 Å². The van der Waals surface area contributed by atoms with E-state index in [1.54, 1.807) is 24.3 Å². The molecule has 0 N–H and O–H groups in total. The Morgan fingerprint density at radius 2 is 1.94 bits per heavy atom. The summed E-state index contributed by atoms with van der Waals surface area (Å²) in [5, 5.41) is 8.65. The Bertz CT molecular complexity index is 420. The molecule has 98 valence electrons. The summed E-state index contributed by atoms with van der Waals surface area (Å²) in [4.78, 5) is 0. The van der Waals surface area contributed by atoms with Gasteiger partial charge in [-0.25, -0.2) is 0 Å². The van der Waals surface area contributed by atoms with Crippen LogP contribution in [0.3, 0.4) is 0 Å². The second-order valence-electron chi connectivity index (χ2n) is 4.52. The molecule has 0 heterocycles. The van der Waals surface area contributed by atoms with E-state index in [1.807, 2.05) is 0 Å². The van der Waals surface area contributed by atoms with E-state index in [4.69, 9.17) is 10.00 Å². The van der Waals surface area contributed by atoms with Crippen molar-refractivity contribution in [2.45, 2.75) is 20.3 Å². The monoisotopic (exact) mass is 265 g/mol. The zero-order valence-electron chi connectivity index (χ0n) is 10.9. The summed E-state index contributed by atoms with van der Waals surface area (Å²) in [6, 6.07) is 9.00. The normalized spacial score (nSPS) is 12.1. The first-order valence-electron chi connectivity index (χ1n) is 6.09. The van der Waals surface area contributed by atoms with E-state index in [9.17, 15) is 4.21 Å². The van der Waals surface area contributed by atoms with Gasteiger partial charge in [0.2, 0.25) is 0 Å². The van der Waals surface area contributed by atoms with Crippen LogP contribution in [0.5, 0.6) is 5.75 Å². The van der Waals surface area contributed by atoms with Crippen LogP contribution in [0, 0.1) is 17.2 Å². The Hall–Kier alpha value is -1.34. The minimum atomic E-state index is -0.798. The summed E-state index contributed by atoms with van der Waals surface area (Å²) in [5.74, 6) is 2.62. The largest absolute Gasteiger partial charge is 0.493 e. The highest BCUT2D eigenvalue weighted by Crippen LogP contribution is 2.11. The highest BCUT2D eigenvalue weighted by atomic mass is 32.2. The van der Waals surface area contributed by atoms with Crippen LogP contribution >= 0.6 is 0 Å². The Kier molecular flexibility index (Phi) is 6.45. The first-order chi connectivity index (χ1) is 8.61. The van der Waals surface area contributed by atoms with Crippen LogP contribution in [0.4, 0.5) is 0 Å². The second kappa shape index (κ2) is 7.88. The molecule has 0 amide bonds. The molecule has 0 spiro atoms. The van der Waals surface area contributed by atoms with Crippen molar-refractivity contribution in [2.75, 3.05) is 18.1 Å². The smallest absolute Gasteiger partial charge is 0.119 e. The van der Waals surface area contributed by atoms with Gasteiger partial charge in [-0.15, -0.1) is 0 Å². The molecule has 1 rings (SSSR count). The van der Waals surface area contributed by atoms with E-state index in [2.05, 4.69) is 19.9 Å². The molecule has 0 aromatic heterocycles. The molecular weight excluding hydrogens is 246 g/mol. The van der Waals surface area contributed by atoms with E-state index >= 15 is 0 Å². The average Bonchev–Trinajstić information content (AvgIpc) is 2.37. The van der Waals surface area contributed by atoms with E-state index in [0.29, 0.717) is 23.8 Å². The lowest BCUT2D eigenvalue weighted by Crippen LogP contribution is -2.12. The number of rotatable bonds is 7. The molecule has 18 heavy (non-hydrogen) atoms. The molecule has 0 aliphatic heterocycles. The number of hydrogen-bond acceptors (Lipinski definition) is 3.